The van der Waals surface area contributed by atoms with Gasteiger partial charge in [0.2, 0.25) is 0 Å². The number of hydrogen-bond acceptors (Lipinski definition) is 4. The molecule has 0 unspecified atom stereocenters. The van der Waals surface area contributed by atoms with E-state index >= 15 is 0 Å². The lowest BCUT2D eigenvalue weighted by molar-refractivity contribution is -0.141. The highest BCUT2D eigenvalue weighted by Gasteiger charge is 2.16. The molecule has 1 aromatic rings. The van der Waals surface area contributed by atoms with Crippen LogP contribution in [0.4, 0.5) is 10.5 Å². The van der Waals surface area contributed by atoms with Gasteiger partial charge < -0.3 is 19.7 Å². The number of hydrogen-bond donors (Lipinski definition) is 1. The van der Waals surface area contributed by atoms with Gasteiger partial charge in [-0.3, -0.25) is 4.79 Å². The number of nitrogens with zero attached hydrogens (tertiary/aromatic N) is 1. The van der Waals surface area contributed by atoms with Gasteiger partial charge in [0, 0.05) is 18.3 Å². The lowest BCUT2D eigenvalue weighted by atomic mass is 10.3. The van der Waals surface area contributed by atoms with Crippen LogP contribution < -0.4 is 10.1 Å². The minimum Gasteiger partial charge on any atom is -0.497 e. The van der Waals surface area contributed by atoms with Crippen molar-refractivity contribution < 1.29 is 19.1 Å². The minimum absolute atomic E-state index is 0.0693. The average Bonchev–Trinajstić information content (AvgIpc) is 2.46. The van der Waals surface area contributed by atoms with Gasteiger partial charge in [-0.1, -0.05) is 13.0 Å². The van der Waals surface area contributed by atoms with Crippen molar-refractivity contribution in [1.29, 1.82) is 0 Å². The Balaban J connectivity index is 2.71. The Kier molecular flexibility index (Phi) is 6.36. The summed E-state index contributed by atoms with van der Waals surface area (Å²) in [6.45, 7) is 2.34. The number of carbonyl (C=O) groups excluding carboxylic acids is 2. The normalized spacial score (nSPS) is 9.75. The zero-order valence-electron chi connectivity index (χ0n) is 12.0. The number of methoxy groups -OCH3 is 2. The smallest absolute Gasteiger partial charge is 0.325 e. The summed E-state index contributed by atoms with van der Waals surface area (Å²) in [6.07, 6.45) is 0.753. The van der Waals surface area contributed by atoms with E-state index in [1.165, 1.54) is 12.0 Å². The van der Waals surface area contributed by atoms with Crippen molar-refractivity contribution in [3.8, 4) is 5.75 Å². The molecule has 0 aliphatic rings. The zero-order chi connectivity index (χ0) is 15.0. The minimum atomic E-state index is -0.445. The summed E-state index contributed by atoms with van der Waals surface area (Å²) < 4.78 is 9.67. The number of anilines is 1. The molecule has 20 heavy (non-hydrogen) atoms. The van der Waals surface area contributed by atoms with Crippen LogP contribution in [0.1, 0.15) is 13.3 Å². The number of benzene rings is 1. The van der Waals surface area contributed by atoms with E-state index in [1.807, 2.05) is 6.92 Å². The number of carbonyl (C=O) groups is 2. The predicted molar refractivity (Wildman–Crippen MR) is 75.9 cm³/mol. The summed E-state index contributed by atoms with van der Waals surface area (Å²) in [4.78, 5) is 24.8. The highest BCUT2D eigenvalue weighted by molar-refractivity contribution is 5.91. The van der Waals surface area contributed by atoms with Gasteiger partial charge in [-0.05, 0) is 18.6 Å². The van der Waals surface area contributed by atoms with Crippen molar-refractivity contribution in [3.63, 3.8) is 0 Å². The Morgan fingerprint density at radius 2 is 2.05 bits per heavy atom. The highest BCUT2D eigenvalue weighted by Crippen LogP contribution is 2.17. The van der Waals surface area contributed by atoms with Gasteiger partial charge in [0.25, 0.3) is 0 Å². The summed E-state index contributed by atoms with van der Waals surface area (Å²) in [5.74, 6) is 0.206. The van der Waals surface area contributed by atoms with Crippen LogP contribution in [0.25, 0.3) is 0 Å². The maximum atomic E-state index is 12.1. The van der Waals surface area contributed by atoms with Crippen molar-refractivity contribution in [2.24, 2.45) is 0 Å². The van der Waals surface area contributed by atoms with Gasteiger partial charge in [-0.15, -0.1) is 0 Å². The van der Waals surface area contributed by atoms with Crippen LogP contribution in [0, 0.1) is 0 Å². The molecule has 0 aliphatic carbocycles. The number of rotatable bonds is 6. The first-order valence-corrected chi connectivity index (χ1v) is 6.37. The molecular formula is C14H20N2O4. The molecule has 0 radical (unpaired) electrons. The lowest BCUT2D eigenvalue weighted by Crippen LogP contribution is -2.39. The molecule has 0 spiro atoms. The monoisotopic (exact) mass is 280 g/mol. The fourth-order valence-corrected chi connectivity index (χ4v) is 1.65. The molecule has 1 aromatic carbocycles. The fraction of sp³-hybridized carbons (Fsp3) is 0.429. The average molecular weight is 280 g/mol. The van der Waals surface area contributed by atoms with Crippen molar-refractivity contribution in [3.05, 3.63) is 24.3 Å². The van der Waals surface area contributed by atoms with Gasteiger partial charge in [-0.25, -0.2) is 4.79 Å². The van der Waals surface area contributed by atoms with E-state index in [-0.39, 0.29) is 12.6 Å². The number of nitrogens with one attached hydrogen (secondary N) is 1. The molecule has 0 heterocycles. The molecular weight excluding hydrogens is 260 g/mol. The topological polar surface area (TPSA) is 67.9 Å². The predicted octanol–water partition coefficient (Wildman–Crippen LogP) is 2.11. The number of esters is 1. The van der Waals surface area contributed by atoms with Gasteiger partial charge >= 0.3 is 12.0 Å². The Labute approximate surface area is 118 Å². The SMILES string of the molecule is CCCN(CC(=O)OC)C(=O)Nc1cccc(OC)c1. The second kappa shape index (κ2) is 8.04. The Hall–Kier alpha value is -2.24. The van der Waals surface area contributed by atoms with Gasteiger partial charge in [0.1, 0.15) is 12.3 Å². The van der Waals surface area contributed by atoms with Crippen LogP contribution in [0.3, 0.4) is 0 Å². The molecule has 0 saturated carbocycles. The second-order valence-corrected chi connectivity index (χ2v) is 4.16. The molecule has 2 amide bonds. The van der Waals surface area contributed by atoms with E-state index in [4.69, 9.17) is 4.74 Å². The van der Waals surface area contributed by atoms with Gasteiger partial charge in [0.15, 0.2) is 0 Å². The summed E-state index contributed by atoms with van der Waals surface area (Å²) in [6, 6.07) is 6.68. The van der Waals surface area contributed by atoms with E-state index in [0.29, 0.717) is 18.0 Å². The maximum Gasteiger partial charge on any atom is 0.325 e. The molecule has 0 bridgehead atoms. The first kappa shape index (κ1) is 15.8. The van der Waals surface area contributed by atoms with Crippen LogP contribution in [0.2, 0.25) is 0 Å². The van der Waals surface area contributed by atoms with Gasteiger partial charge in [-0.2, -0.15) is 0 Å². The summed E-state index contributed by atoms with van der Waals surface area (Å²) >= 11 is 0. The van der Waals surface area contributed by atoms with Crippen LogP contribution in [-0.2, 0) is 9.53 Å². The first-order chi connectivity index (χ1) is 9.60. The van der Waals surface area contributed by atoms with Crippen molar-refractivity contribution in [1.82, 2.24) is 4.90 Å². The summed E-state index contributed by atoms with van der Waals surface area (Å²) in [5, 5.41) is 2.73. The summed E-state index contributed by atoms with van der Waals surface area (Å²) in [5.41, 5.74) is 0.611. The first-order valence-electron chi connectivity index (χ1n) is 6.37. The molecule has 0 aliphatic heterocycles. The molecule has 0 aromatic heterocycles. The second-order valence-electron chi connectivity index (χ2n) is 4.16. The molecule has 1 rings (SSSR count). The molecule has 0 fully saturated rings. The molecule has 0 atom stereocenters. The van der Waals surface area contributed by atoms with Crippen LogP contribution in [-0.4, -0.2) is 44.2 Å². The third kappa shape index (κ3) is 4.79. The number of urea groups is 1. The van der Waals surface area contributed by atoms with Crippen LogP contribution in [0.5, 0.6) is 5.75 Å². The largest absolute Gasteiger partial charge is 0.497 e. The quantitative estimate of drug-likeness (QED) is 0.810. The molecule has 6 nitrogen and oxygen atoms in total. The third-order valence-electron chi connectivity index (χ3n) is 2.65. The Morgan fingerprint density at radius 1 is 1.30 bits per heavy atom. The van der Waals surface area contributed by atoms with E-state index in [9.17, 15) is 9.59 Å². The fourth-order valence-electron chi connectivity index (χ4n) is 1.65. The third-order valence-corrected chi connectivity index (χ3v) is 2.65. The highest BCUT2D eigenvalue weighted by atomic mass is 16.5. The molecule has 6 heteroatoms. The van der Waals surface area contributed by atoms with Gasteiger partial charge in [0.05, 0.1) is 14.2 Å². The van der Waals surface area contributed by atoms with Crippen LogP contribution in [0.15, 0.2) is 24.3 Å². The van der Waals surface area contributed by atoms with E-state index in [0.717, 1.165) is 6.42 Å². The van der Waals surface area contributed by atoms with E-state index in [2.05, 4.69) is 10.1 Å². The molecule has 110 valence electrons. The van der Waals surface area contributed by atoms with Crippen molar-refractivity contribution >= 4 is 17.7 Å². The Morgan fingerprint density at radius 3 is 2.65 bits per heavy atom. The molecule has 1 N–H and O–H groups in total. The zero-order valence-corrected chi connectivity index (χ0v) is 12.0. The summed E-state index contributed by atoms with van der Waals surface area (Å²) in [7, 11) is 2.86. The molecule has 0 saturated heterocycles. The maximum absolute atomic E-state index is 12.1. The van der Waals surface area contributed by atoms with E-state index < -0.39 is 5.97 Å². The van der Waals surface area contributed by atoms with E-state index in [1.54, 1.807) is 31.4 Å². The lowest BCUT2D eigenvalue weighted by Gasteiger charge is -2.21. The van der Waals surface area contributed by atoms with Crippen molar-refractivity contribution in [2.45, 2.75) is 13.3 Å². The number of ether oxygens (including phenoxy) is 2. The standard InChI is InChI=1S/C14H20N2O4/c1-4-8-16(10-13(17)20-3)14(18)15-11-6-5-7-12(9-11)19-2/h5-7,9H,4,8,10H2,1-3H3,(H,15,18). The number of amides is 2. The Bertz CT molecular complexity index is 462. The van der Waals surface area contributed by atoms with Crippen molar-refractivity contribution in [2.75, 3.05) is 32.6 Å². The van der Waals surface area contributed by atoms with Crippen LogP contribution >= 0.6 is 0 Å².